The Balaban J connectivity index is 2.59. The lowest BCUT2D eigenvalue weighted by atomic mass is 10.2. The molecule has 0 aromatic heterocycles. The fourth-order valence-corrected chi connectivity index (χ4v) is 2.23. The molecule has 1 aliphatic heterocycles. The zero-order valence-electron chi connectivity index (χ0n) is 11.8. The Morgan fingerprint density at radius 3 is 2.47 bits per heavy atom. The van der Waals surface area contributed by atoms with Gasteiger partial charge in [0, 0.05) is 19.6 Å². The summed E-state index contributed by atoms with van der Waals surface area (Å²) in [5.41, 5.74) is 0. The molecular formula is C13H24N2O4. The monoisotopic (exact) mass is 272 g/mol. The van der Waals surface area contributed by atoms with Crippen LogP contribution in [0.2, 0.25) is 0 Å². The minimum atomic E-state index is -0.926. The zero-order chi connectivity index (χ0) is 14.3. The van der Waals surface area contributed by atoms with Gasteiger partial charge in [-0.15, -0.1) is 0 Å². The van der Waals surface area contributed by atoms with Crippen molar-refractivity contribution in [2.45, 2.75) is 32.7 Å². The smallest absolute Gasteiger partial charge is 0.323 e. The topological polar surface area (TPSA) is 70.1 Å². The quantitative estimate of drug-likeness (QED) is 0.727. The molecule has 0 spiro atoms. The Labute approximate surface area is 114 Å². The van der Waals surface area contributed by atoms with E-state index in [1.54, 1.807) is 4.90 Å². The van der Waals surface area contributed by atoms with E-state index >= 15 is 0 Å². The highest BCUT2D eigenvalue weighted by Gasteiger charge is 2.31. The van der Waals surface area contributed by atoms with E-state index < -0.39 is 12.0 Å². The Morgan fingerprint density at radius 1 is 1.32 bits per heavy atom. The minimum Gasteiger partial charge on any atom is -0.480 e. The highest BCUT2D eigenvalue weighted by atomic mass is 16.5. The molecule has 1 unspecified atom stereocenters. The number of hydrogen-bond donors (Lipinski definition) is 1. The largest absolute Gasteiger partial charge is 0.480 e. The van der Waals surface area contributed by atoms with Crippen LogP contribution in [-0.2, 0) is 14.3 Å². The standard InChI is InChI=1S/C13H24N2O4/c1-3-5-14(6-4-2)12(16)9-15-7-8-19-10-11(15)13(17)18/h11H,3-10H2,1-2H3,(H,17,18). The molecule has 0 aliphatic carbocycles. The van der Waals surface area contributed by atoms with Crippen molar-refractivity contribution in [1.29, 1.82) is 0 Å². The van der Waals surface area contributed by atoms with E-state index in [1.807, 2.05) is 18.7 Å². The van der Waals surface area contributed by atoms with Crippen LogP contribution < -0.4 is 0 Å². The molecule has 1 saturated heterocycles. The number of morpholine rings is 1. The van der Waals surface area contributed by atoms with Gasteiger partial charge in [-0.2, -0.15) is 0 Å². The van der Waals surface area contributed by atoms with Gasteiger partial charge in [0.2, 0.25) is 5.91 Å². The molecule has 110 valence electrons. The first-order valence-corrected chi connectivity index (χ1v) is 6.92. The normalized spacial score (nSPS) is 20.2. The molecule has 0 bridgehead atoms. The number of carboxylic acids is 1. The summed E-state index contributed by atoms with van der Waals surface area (Å²) < 4.78 is 5.16. The molecule has 1 N–H and O–H groups in total. The van der Waals surface area contributed by atoms with Gasteiger partial charge in [0.15, 0.2) is 0 Å². The number of amides is 1. The predicted molar refractivity (Wildman–Crippen MR) is 71.0 cm³/mol. The molecule has 1 atom stereocenters. The van der Waals surface area contributed by atoms with Crippen molar-refractivity contribution in [3.63, 3.8) is 0 Å². The van der Waals surface area contributed by atoms with E-state index in [1.165, 1.54) is 0 Å². The third-order valence-corrected chi connectivity index (χ3v) is 3.20. The summed E-state index contributed by atoms with van der Waals surface area (Å²) in [4.78, 5) is 26.8. The SMILES string of the molecule is CCCN(CCC)C(=O)CN1CCOCC1C(=O)O. The molecule has 1 fully saturated rings. The molecule has 19 heavy (non-hydrogen) atoms. The Morgan fingerprint density at radius 2 is 1.95 bits per heavy atom. The van der Waals surface area contributed by atoms with Crippen LogP contribution in [0.3, 0.4) is 0 Å². The van der Waals surface area contributed by atoms with Crippen molar-refractivity contribution in [1.82, 2.24) is 9.80 Å². The van der Waals surface area contributed by atoms with Crippen molar-refractivity contribution in [2.75, 3.05) is 39.4 Å². The highest BCUT2D eigenvalue weighted by Crippen LogP contribution is 2.08. The van der Waals surface area contributed by atoms with E-state index in [-0.39, 0.29) is 19.1 Å². The van der Waals surface area contributed by atoms with Gasteiger partial charge in [-0.05, 0) is 12.8 Å². The molecular weight excluding hydrogens is 248 g/mol. The number of carbonyl (C=O) groups excluding carboxylic acids is 1. The zero-order valence-corrected chi connectivity index (χ0v) is 11.8. The van der Waals surface area contributed by atoms with Crippen molar-refractivity contribution in [2.24, 2.45) is 0 Å². The van der Waals surface area contributed by atoms with E-state index in [0.717, 1.165) is 25.9 Å². The van der Waals surface area contributed by atoms with Gasteiger partial charge < -0.3 is 14.7 Å². The van der Waals surface area contributed by atoms with E-state index in [9.17, 15) is 9.59 Å². The van der Waals surface area contributed by atoms with Crippen LogP contribution >= 0.6 is 0 Å². The number of nitrogens with zero attached hydrogens (tertiary/aromatic N) is 2. The number of carbonyl (C=O) groups is 2. The van der Waals surface area contributed by atoms with Crippen LogP contribution in [0.4, 0.5) is 0 Å². The molecule has 0 aromatic carbocycles. The molecule has 1 amide bonds. The molecule has 0 saturated carbocycles. The lowest BCUT2D eigenvalue weighted by Gasteiger charge is -2.33. The molecule has 6 nitrogen and oxygen atoms in total. The highest BCUT2D eigenvalue weighted by molar-refractivity contribution is 5.80. The second-order valence-electron chi connectivity index (χ2n) is 4.78. The van der Waals surface area contributed by atoms with Gasteiger partial charge in [-0.3, -0.25) is 14.5 Å². The van der Waals surface area contributed by atoms with E-state index in [0.29, 0.717) is 13.2 Å². The summed E-state index contributed by atoms with van der Waals surface area (Å²) in [6.45, 7) is 6.83. The van der Waals surface area contributed by atoms with Gasteiger partial charge in [0.25, 0.3) is 0 Å². The minimum absolute atomic E-state index is 0.0110. The Hall–Kier alpha value is -1.14. The second-order valence-corrected chi connectivity index (χ2v) is 4.78. The average molecular weight is 272 g/mol. The van der Waals surface area contributed by atoms with Gasteiger partial charge in [0.1, 0.15) is 6.04 Å². The van der Waals surface area contributed by atoms with Gasteiger partial charge in [0.05, 0.1) is 19.8 Å². The molecule has 0 radical (unpaired) electrons. The van der Waals surface area contributed by atoms with Crippen molar-refractivity contribution in [3.05, 3.63) is 0 Å². The van der Waals surface area contributed by atoms with Gasteiger partial charge in [-0.25, -0.2) is 0 Å². The molecule has 1 rings (SSSR count). The molecule has 1 aliphatic rings. The van der Waals surface area contributed by atoms with Crippen LogP contribution in [0.25, 0.3) is 0 Å². The number of ether oxygens (including phenoxy) is 1. The van der Waals surface area contributed by atoms with Crippen LogP contribution in [-0.4, -0.2) is 72.2 Å². The van der Waals surface area contributed by atoms with Crippen LogP contribution in [0, 0.1) is 0 Å². The summed E-state index contributed by atoms with van der Waals surface area (Å²) in [5, 5.41) is 9.12. The lowest BCUT2D eigenvalue weighted by Crippen LogP contribution is -2.53. The fraction of sp³-hybridized carbons (Fsp3) is 0.846. The first-order valence-electron chi connectivity index (χ1n) is 6.92. The van der Waals surface area contributed by atoms with Gasteiger partial charge >= 0.3 is 5.97 Å². The van der Waals surface area contributed by atoms with Crippen molar-refractivity contribution >= 4 is 11.9 Å². The maximum absolute atomic E-state index is 12.2. The lowest BCUT2D eigenvalue weighted by molar-refractivity contribution is -0.151. The first-order chi connectivity index (χ1) is 9.10. The predicted octanol–water partition coefficient (Wildman–Crippen LogP) is 0.420. The van der Waals surface area contributed by atoms with Crippen molar-refractivity contribution < 1.29 is 19.4 Å². The fourth-order valence-electron chi connectivity index (χ4n) is 2.23. The molecule has 6 heteroatoms. The van der Waals surface area contributed by atoms with Crippen molar-refractivity contribution in [3.8, 4) is 0 Å². The average Bonchev–Trinajstić information content (AvgIpc) is 2.38. The third-order valence-electron chi connectivity index (χ3n) is 3.20. The number of hydrogen-bond acceptors (Lipinski definition) is 4. The maximum atomic E-state index is 12.2. The summed E-state index contributed by atoms with van der Waals surface area (Å²) in [6.07, 6.45) is 1.83. The van der Waals surface area contributed by atoms with Gasteiger partial charge in [-0.1, -0.05) is 13.8 Å². The van der Waals surface area contributed by atoms with E-state index in [4.69, 9.17) is 9.84 Å². The van der Waals surface area contributed by atoms with Crippen LogP contribution in [0.15, 0.2) is 0 Å². The third kappa shape index (κ3) is 4.80. The number of carboxylic acid groups (broad SMARTS) is 1. The summed E-state index contributed by atoms with van der Waals surface area (Å²) >= 11 is 0. The molecule has 1 heterocycles. The Bertz CT molecular complexity index is 303. The Kier molecular flexibility index (Phi) is 6.80. The summed E-state index contributed by atoms with van der Waals surface area (Å²) in [7, 11) is 0. The maximum Gasteiger partial charge on any atom is 0.323 e. The number of rotatable bonds is 7. The van der Waals surface area contributed by atoms with Crippen LogP contribution in [0.1, 0.15) is 26.7 Å². The number of aliphatic carboxylic acids is 1. The summed E-state index contributed by atoms with van der Waals surface area (Å²) in [6, 6.07) is -0.706. The first kappa shape index (κ1) is 15.9. The van der Waals surface area contributed by atoms with E-state index in [2.05, 4.69) is 0 Å². The molecule has 0 aromatic rings. The second kappa shape index (κ2) is 8.12. The van der Waals surface area contributed by atoms with Crippen LogP contribution in [0.5, 0.6) is 0 Å². The summed E-state index contributed by atoms with van der Waals surface area (Å²) in [5.74, 6) is -0.915.